The van der Waals surface area contributed by atoms with Crippen LogP contribution in [0.5, 0.6) is 0 Å². The van der Waals surface area contributed by atoms with Gasteiger partial charge in [0.25, 0.3) is 0 Å². The first-order valence-electron chi connectivity index (χ1n) is 6.89. The lowest BCUT2D eigenvalue weighted by Gasteiger charge is -2.03. The number of aromatic amines is 1. The smallest absolute Gasteiger partial charge is 0.348 e. The van der Waals surface area contributed by atoms with Crippen LogP contribution in [-0.4, -0.2) is 36.4 Å². The van der Waals surface area contributed by atoms with Crippen LogP contribution < -0.4 is 0 Å². The highest BCUT2D eigenvalue weighted by molar-refractivity contribution is 7.13. The van der Waals surface area contributed by atoms with Crippen LogP contribution >= 0.6 is 11.3 Å². The monoisotopic (exact) mass is 335 g/mol. The number of esters is 2. The summed E-state index contributed by atoms with van der Waals surface area (Å²) in [6.07, 6.45) is 0. The Hall–Kier alpha value is -2.41. The van der Waals surface area contributed by atoms with Crippen molar-refractivity contribution in [2.75, 3.05) is 13.7 Å². The van der Waals surface area contributed by atoms with Crippen molar-refractivity contribution in [1.29, 1.82) is 0 Å². The third-order valence-electron chi connectivity index (χ3n) is 3.38. The summed E-state index contributed by atoms with van der Waals surface area (Å²) in [5, 5.41) is 0. The summed E-state index contributed by atoms with van der Waals surface area (Å²) in [6.45, 7) is 4.81. The van der Waals surface area contributed by atoms with Gasteiger partial charge in [0.2, 0.25) is 5.78 Å². The zero-order chi connectivity index (χ0) is 17.1. The van der Waals surface area contributed by atoms with Crippen LogP contribution in [-0.2, 0) is 9.47 Å². The minimum absolute atomic E-state index is 0.248. The predicted octanol–water partition coefficient (Wildman–Crippen LogP) is 2.83. The van der Waals surface area contributed by atoms with E-state index in [1.807, 2.05) is 13.0 Å². The van der Waals surface area contributed by atoms with Gasteiger partial charge < -0.3 is 14.5 Å². The van der Waals surface area contributed by atoms with Gasteiger partial charge in [-0.1, -0.05) is 0 Å². The van der Waals surface area contributed by atoms with Gasteiger partial charge in [-0.2, -0.15) is 0 Å². The summed E-state index contributed by atoms with van der Waals surface area (Å²) in [7, 11) is 1.28. The molecule has 0 saturated carbocycles. The number of thiophene rings is 1. The van der Waals surface area contributed by atoms with Crippen LogP contribution in [0.1, 0.15) is 46.7 Å². The maximum atomic E-state index is 12.2. The van der Waals surface area contributed by atoms with Gasteiger partial charge in [0.05, 0.1) is 18.4 Å². The number of rotatable bonds is 5. The summed E-state index contributed by atoms with van der Waals surface area (Å²) >= 11 is 1.31. The van der Waals surface area contributed by atoms with Crippen molar-refractivity contribution in [3.63, 3.8) is 0 Å². The molecule has 0 radical (unpaired) electrons. The first-order chi connectivity index (χ1) is 10.8. The Balaban J connectivity index is 2.10. The molecule has 1 N–H and O–H groups in total. The maximum absolute atomic E-state index is 12.2. The molecule has 23 heavy (non-hydrogen) atoms. The Kier molecular flexibility index (Phi) is 5.00. The van der Waals surface area contributed by atoms with Crippen molar-refractivity contribution in [3.05, 3.63) is 44.4 Å². The number of hydrogen-bond acceptors (Lipinski definition) is 6. The van der Waals surface area contributed by atoms with Crippen LogP contribution in [0.2, 0.25) is 0 Å². The highest BCUT2D eigenvalue weighted by Crippen LogP contribution is 2.20. The highest BCUT2D eigenvalue weighted by atomic mass is 32.1. The molecular weight excluding hydrogens is 318 g/mol. The summed E-state index contributed by atoms with van der Waals surface area (Å²) < 4.78 is 9.73. The standard InChI is InChI=1S/C16H17NO5S/c1-8-5-6-12(23-8)15(19)22-7-11(18)14-9(2)13(10(3)17-14)16(20)21-4/h5-6,17H,7H2,1-4H3. The molecule has 0 unspecified atom stereocenters. The van der Waals surface area contributed by atoms with Crippen molar-refractivity contribution in [3.8, 4) is 0 Å². The molecule has 6 nitrogen and oxygen atoms in total. The van der Waals surface area contributed by atoms with E-state index in [2.05, 4.69) is 4.98 Å². The van der Waals surface area contributed by atoms with E-state index < -0.39 is 24.3 Å². The van der Waals surface area contributed by atoms with Gasteiger partial charge in [-0.15, -0.1) is 11.3 Å². The normalized spacial score (nSPS) is 10.4. The summed E-state index contributed by atoms with van der Waals surface area (Å²) in [5.41, 5.74) is 1.61. The van der Waals surface area contributed by atoms with Crippen molar-refractivity contribution >= 4 is 29.1 Å². The van der Waals surface area contributed by atoms with Gasteiger partial charge in [0, 0.05) is 10.6 Å². The SMILES string of the molecule is COC(=O)c1c(C)[nH]c(C(=O)COC(=O)c2ccc(C)s2)c1C. The number of hydrogen-bond donors (Lipinski definition) is 1. The van der Waals surface area contributed by atoms with Crippen LogP contribution in [0, 0.1) is 20.8 Å². The minimum Gasteiger partial charge on any atom is -0.465 e. The fraction of sp³-hybridized carbons (Fsp3) is 0.312. The summed E-state index contributed by atoms with van der Waals surface area (Å²) in [4.78, 5) is 40.1. The molecule has 0 fully saturated rings. The molecule has 7 heteroatoms. The summed E-state index contributed by atoms with van der Waals surface area (Å²) in [5.74, 6) is -1.45. The lowest BCUT2D eigenvalue weighted by Crippen LogP contribution is -2.15. The number of carbonyl (C=O) groups is 3. The van der Waals surface area contributed by atoms with Crippen LogP contribution in [0.3, 0.4) is 0 Å². The molecule has 0 atom stereocenters. The molecule has 2 aromatic heterocycles. The second-order valence-corrected chi connectivity index (χ2v) is 6.31. The van der Waals surface area contributed by atoms with Gasteiger partial charge in [0.1, 0.15) is 4.88 Å². The maximum Gasteiger partial charge on any atom is 0.348 e. The zero-order valence-corrected chi connectivity index (χ0v) is 14.1. The third kappa shape index (κ3) is 3.50. The van der Waals surface area contributed by atoms with Gasteiger partial charge in [-0.3, -0.25) is 4.79 Å². The van der Waals surface area contributed by atoms with Crippen molar-refractivity contribution in [2.24, 2.45) is 0 Å². The van der Waals surface area contributed by atoms with E-state index in [1.54, 1.807) is 19.9 Å². The Morgan fingerprint density at radius 1 is 1.13 bits per heavy atom. The molecule has 122 valence electrons. The molecule has 0 aliphatic rings. The predicted molar refractivity (Wildman–Crippen MR) is 85.3 cm³/mol. The number of ether oxygens (including phenoxy) is 2. The fourth-order valence-electron chi connectivity index (χ4n) is 2.26. The molecular formula is C16H17NO5S. The molecule has 2 heterocycles. The Labute approximate surface area is 137 Å². The topological polar surface area (TPSA) is 85.5 Å². The number of Topliss-reactive ketones (excluding diaryl/α,β-unsaturated/α-hetero) is 1. The quantitative estimate of drug-likeness (QED) is 0.671. The molecule has 2 aromatic rings. The Morgan fingerprint density at radius 3 is 2.39 bits per heavy atom. The van der Waals surface area contributed by atoms with Gasteiger partial charge >= 0.3 is 11.9 Å². The molecule has 0 bridgehead atoms. The average molecular weight is 335 g/mol. The molecule has 0 aliphatic heterocycles. The minimum atomic E-state index is -0.537. The highest BCUT2D eigenvalue weighted by Gasteiger charge is 2.23. The largest absolute Gasteiger partial charge is 0.465 e. The van der Waals surface area contributed by atoms with E-state index in [-0.39, 0.29) is 5.69 Å². The fourth-order valence-corrected chi connectivity index (χ4v) is 3.02. The number of nitrogens with one attached hydrogen (secondary N) is 1. The van der Waals surface area contributed by atoms with Crippen LogP contribution in [0.4, 0.5) is 0 Å². The zero-order valence-electron chi connectivity index (χ0n) is 13.3. The van der Waals surface area contributed by atoms with E-state index in [9.17, 15) is 14.4 Å². The van der Waals surface area contributed by atoms with Gasteiger partial charge in [-0.05, 0) is 38.5 Å². The Morgan fingerprint density at radius 2 is 1.83 bits per heavy atom. The molecule has 0 aliphatic carbocycles. The Bertz CT molecular complexity index is 772. The number of H-pyrrole nitrogens is 1. The third-order valence-corrected chi connectivity index (χ3v) is 4.36. The van der Waals surface area contributed by atoms with Crippen LogP contribution in [0.25, 0.3) is 0 Å². The van der Waals surface area contributed by atoms with E-state index in [0.717, 1.165) is 4.88 Å². The molecule has 0 saturated heterocycles. The number of aromatic nitrogens is 1. The summed E-state index contributed by atoms with van der Waals surface area (Å²) in [6, 6.07) is 3.47. The lowest BCUT2D eigenvalue weighted by molar-refractivity contribution is 0.0477. The van der Waals surface area contributed by atoms with Crippen molar-refractivity contribution in [1.82, 2.24) is 4.98 Å². The number of carbonyl (C=O) groups excluding carboxylic acids is 3. The number of aryl methyl sites for hydroxylation is 2. The van der Waals surface area contributed by atoms with E-state index >= 15 is 0 Å². The first kappa shape index (κ1) is 17.0. The van der Waals surface area contributed by atoms with Gasteiger partial charge in [-0.25, -0.2) is 9.59 Å². The van der Waals surface area contributed by atoms with Crippen molar-refractivity contribution < 1.29 is 23.9 Å². The second-order valence-electron chi connectivity index (χ2n) is 5.03. The van der Waals surface area contributed by atoms with Crippen LogP contribution in [0.15, 0.2) is 12.1 Å². The van der Waals surface area contributed by atoms with Gasteiger partial charge in [0.15, 0.2) is 6.61 Å². The molecule has 0 amide bonds. The van der Waals surface area contributed by atoms with E-state index in [0.29, 0.717) is 21.7 Å². The molecule has 2 rings (SSSR count). The van der Waals surface area contributed by atoms with E-state index in [1.165, 1.54) is 18.4 Å². The first-order valence-corrected chi connectivity index (χ1v) is 7.71. The number of ketones is 1. The second kappa shape index (κ2) is 6.78. The van der Waals surface area contributed by atoms with E-state index in [4.69, 9.17) is 9.47 Å². The lowest BCUT2D eigenvalue weighted by atomic mass is 10.1. The van der Waals surface area contributed by atoms with Crippen molar-refractivity contribution in [2.45, 2.75) is 20.8 Å². The average Bonchev–Trinajstić information content (AvgIpc) is 3.07. The molecule has 0 spiro atoms. The molecule has 0 aromatic carbocycles. The number of methoxy groups -OCH3 is 1.